The molecule has 0 aliphatic heterocycles. The summed E-state index contributed by atoms with van der Waals surface area (Å²) < 4.78 is 21.6. The highest BCUT2D eigenvalue weighted by molar-refractivity contribution is 5.84. The molecule has 2 amide bonds. The highest BCUT2D eigenvalue weighted by Crippen LogP contribution is 2.17. The molecule has 0 rings (SSSR count). The number of hydrogen-bond donors (Lipinski definition) is 4. The predicted octanol–water partition coefficient (Wildman–Crippen LogP) is 8.60. The summed E-state index contributed by atoms with van der Waals surface area (Å²) in [6.45, 7) is 10.3. The summed E-state index contributed by atoms with van der Waals surface area (Å²) >= 11 is 0. The van der Waals surface area contributed by atoms with Crippen LogP contribution in [0.1, 0.15) is 195 Å². The van der Waals surface area contributed by atoms with Crippen LogP contribution >= 0.6 is 0 Å². The van der Waals surface area contributed by atoms with Gasteiger partial charge in [-0.2, -0.15) is 0 Å². The normalized spacial score (nSPS) is 11.9. The fourth-order valence-electron chi connectivity index (χ4n) is 6.79. The number of amides is 2. The van der Waals surface area contributed by atoms with Crippen molar-refractivity contribution in [1.82, 2.24) is 10.6 Å². The van der Waals surface area contributed by atoms with Gasteiger partial charge in [0.1, 0.15) is 24.8 Å². The molecule has 0 heterocycles. The lowest BCUT2D eigenvalue weighted by Crippen LogP contribution is -2.29. The number of carboxylic acids is 2. The van der Waals surface area contributed by atoms with E-state index in [1.807, 2.05) is 6.92 Å². The van der Waals surface area contributed by atoms with Gasteiger partial charge in [0.2, 0.25) is 11.8 Å². The lowest BCUT2D eigenvalue weighted by Gasteiger charge is -2.12. The van der Waals surface area contributed by atoms with Gasteiger partial charge < -0.3 is 39.8 Å². The molecule has 4 N–H and O–H groups in total. The van der Waals surface area contributed by atoms with E-state index in [4.69, 9.17) is 24.1 Å². The molecule has 0 saturated heterocycles. The fraction of sp³-hybridized carbons (Fsp3) is 0.857. The van der Waals surface area contributed by atoms with Crippen molar-refractivity contribution < 1.29 is 62.7 Å². The third-order valence-corrected chi connectivity index (χ3v) is 10.6. The van der Waals surface area contributed by atoms with Crippen molar-refractivity contribution in [3.8, 4) is 0 Å². The van der Waals surface area contributed by atoms with Crippen LogP contribution in [0, 0.1) is 11.8 Å². The summed E-state index contributed by atoms with van der Waals surface area (Å²) in [5.74, 6) is -2.96. The number of ketones is 3. The maximum atomic E-state index is 12.4. The van der Waals surface area contributed by atoms with Crippen molar-refractivity contribution >= 4 is 41.1 Å². The molecule has 0 radical (unpaired) electrons. The summed E-state index contributed by atoms with van der Waals surface area (Å²) in [5.41, 5.74) is 0. The minimum absolute atomic E-state index is 0.00721. The number of nitrogens with one attached hydrogen (secondary N) is 2. The van der Waals surface area contributed by atoms with Gasteiger partial charge in [-0.1, -0.05) is 111 Å². The maximum absolute atomic E-state index is 12.4. The number of aliphatic carboxylic acids is 2. The Hall–Kier alpha value is -3.27. The first-order valence-electron chi connectivity index (χ1n) is 24.7. The van der Waals surface area contributed by atoms with E-state index in [-0.39, 0.29) is 107 Å². The molecule has 0 aromatic carbocycles. The summed E-state index contributed by atoms with van der Waals surface area (Å²) in [6.07, 6.45) is 21.5. The van der Waals surface area contributed by atoms with E-state index in [9.17, 15) is 38.7 Å². The zero-order valence-electron chi connectivity index (χ0n) is 40.5. The van der Waals surface area contributed by atoms with Crippen LogP contribution < -0.4 is 10.6 Å². The van der Waals surface area contributed by atoms with Gasteiger partial charge in [-0.15, -0.1) is 0 Å². The smallest absolute Gasteiger partial charge is 0.306 e. The molecule has 374 valence electrons. The van der Waals surface area contributed by atoms with E-state index in [0.29, 0.717) is 39.0 Å². The Morgan fingerprint density at radius 2 is 0.938 bits per heavy atom. The number of Topliss-reactive ketones (excluding diaryl/α,β-unsaturated/α-hetero) is 3. The van der Waals surface area contributed by atoms with Gasteiger partial charge in [-0.3, -0.25) is 33.6 Å². The van der Waals surface area contributed by atoms with Gasteiger partial charge in [0.05, 0.1) is 39.0 Å². The first-order valence-corrected chi connectivity index (χ1v) is 24.7. The third-order valence-electron chi connectivity index (χ3n) is 10.6. The van der Waals surface area contributed by atoms with Crippen molar-refractivity contribution in [2.24, 2.45) is 11.8 Å². The van der Waals surface area contributed by atoms with Gasteiger partial charge >= 0.3 is 11.9 Å². The SMILES string of the molecule is CCC.CC[C@@H](CCCCNC(=O)COCCOCCCC(=O)COCCOCCNC(=O)CC[C@H](CC(=O)CCCCCCCCCCCCCCCCC(=O)O)C(=O)O)C(C)=O. The van der Waals surface area contributed by atoms with Crippen LogP contribution in [0.5, 0.6) is 0 Å². The molecule has 0 spiro atoms. The molecule has 64 heavy (non-hydrogen) atoms. The number of hydrogen-bond acceptors (Lipinski definition) is 11. The summed E-state index contributed by atoms with van der Waals surface area (Å²) in [4.78, 5) is 82.2. The minimum Gasteiger partial charge on any atom is -0.481 e. The number of ether oxygens (including phenoxy) is 4. The summed E-state index contributed by atoms with van der Waals surface area (Å²) in [5, 5.41) is 23.7. The van der Waals surface area contributed by atoms with Gasteiger partial charge in [0.25, 0.3) is 0 Å². The monoisotopic (exact) mass is 915 g/mol. The zero-order valence-corrected chi connectivity index (χ0v) is 40.5. The fourth-order valence-corrected chi connectivity index (χ4v) is 6.79. The summed E-state index contributed by atoms with van der Waals surface area (Å²) in [6, 6.07) is 0. The van der Waals surface area contributed by atoms with Crippen LogP contribution in [-0.2, 0) is 52.5 Å². The average molecular weight is 915 g/mol. The average Bonchev–Trinajstić information content (AvgIpc) is 3.25. The second kappa shape index (κ2) is 47.7. The highest BCUT2D eigenvalue weighted by atomic mass is 16.5. The Morgan fingerprint density at radius 3 is 1.47 bits per heavy atom. The first kappa shape index (κ1) is 62.8. The number of carbonyl (C=O) groups excluding carboxylic acids is 5. The van der Waals surface area contributed by atoms with Crippen LogP contribution in [0.3, 0.4) is 0 Å². The molecule has 15 heteroatoms. The van der Waals surface area contributed by atoms with E-state index in [0.717, 1.165) is 70.6 Å². The minimum atomic E-state index is -1.07. The molecule has 15 nitrogen and oxygen atoms in total. The number of rotatable bonds is 47. The van der Waals surface area contributed by atoms with Crippen molar-refractivity contribution in [3.63, 3.8) is 0 Å². The van der Waals surface area contributed by atoms with E-state index in [2.05, 4.69) is 24.5 Å². The van der Waals surface area contributed by atoms with Crippen LogP contribution in [0.25, 0.3) is 0 Å². The maximum Gasteiger partial charge on any atom is 0.306 e. The highest BCUT2D eigenvalue weighted by Gasteiger charge is 2.22. The van der Waals surface area contributed by atoms with Crippen molar-refractivity contribution in [1.29, 1.82) is 0 Å². The third kappa shape index (κ3) is 46.7. The lowest BCUT2D eigenvalue weighted by molar-refractivity contribution is -0.144. The van der Waals surface area contributed by atoms with Crippen LogP contribution in [0.15, 0.2) is 0 Å². The molecule has 0 saturated carbocycles. The standard InChI is InChI=1S/C46H82N2O13.C3H8/c1-3-39(38(2)49)21-18-19-27-47-44(53)37-61-34-31-58-29-20-23-42(51)36-60-33-32-59-30-28-48-43(52)26-25-40(46(56)57)35-41(50)22-16-14-12-10-8-6-4-5-7-9-11-13-15-17-24-45(54)55;1-3-2/h39-40H,3-37H2,1-2H3,(H,47,53)(H,48,52)(H,54,55)(H,56,57);3H2,1-2H3/t39-,40+;/m0./s1. The molecule has 0 unspecified atom stereocenters. The van der Waals surface area contributed by atoms with Crippen molar-refractivity contribution in [2.75, 3.05) is 65.9 Å². The largest absolute Gasteiger partial charge is 0.481 e. The van der Waals surface area contributed by atoms with Crippen LogP contribution in [0.2, 0.25) is 0 Å². The topological polar surface area (TPSA) is 221 Å². The van der Waals surface area contributed by atoms with Crippen LogP contribution in [0.4, 0.5) is 0 Å². The quantitative estimate of drug-likeness (QED) is 0.0421. The number of carboxylic acid groups (broad SMARTS) is 2. The first-order chi connectivity index (χ1) is 30.9. The molecular formula is C49H90N2O13. The zero-order chi connectivity index (χ0) is 47.9. The summed E-state index contributed by atoms with van der Waals surface area (Å²) in [7, 11) is 0. The Kier molecular flexibility index (Phi) is 46.8. The number of carbonyl (C=O) groups is 7. The van der Waals surface area contributed by atoms with Crippen molar-refractivity contribution in [2.45, 2.75) is 195 Å². The molecule has 0 bridgehead atoms. The lowest BCUT2D eigenvalue weighted by atomic mass is 9.94. The molecule has 0 aromatic heterocycles. The van der Waals surface area contributed by atoms with E-state index in [1.54, 1.807) is 6.92 Å². The Labute approximate surface area is 386 Å². The Bertz CT molecular complexity index is 1200. The van der Waals surface area contributed by atoms with E-state index < -0.39 is 17.9 Å². The second-order valence-corrected chi connectivity index (χ2v) is 16.8. The molecule has 2 atom stereocenters. The van der Waals surface area contributed by atoms with Gasteiger partial charge in [-0.05, 0) is 51.9 Å². The van der Waals surface area contributed by atoms with Gasteiger partial charge in [0.15, 0.2) is 5.78 Å². The molecular weight excluding hydrogens is 825 g/mol. The van der Waals surface area contributed by atoms with E-state index in [1.165, 1.54) is 51.4 Å². The van der Waals surface area contributed by atoms with Gasteiger partial charge in [-0.25, -0.2) is 0 Å². The molecule has 0 fully saturated rings. The van der Waals surface area contributed by atoms with E-state index >= 15 is 0 Å². The second-order valence-electron chi connectivity index (χ2n) is 16.8. The van der Waals surface area contributed by atoms with Crippen LogP contribution in [-0.4, -0.2) is 117 Å². The number of unbranched alkanes of at least 4 members (excludes halogenated alkanes) is 14. The Morgan fingerprint density at radius 1 is 0.453 bits per heavy atom. The molecule has 0 aliphatic rings. The Balaban J connectivity index is 0. The van der Waals surface area contributed by atoms with Gasteiger partial charge in [0, 0.05) is 57.7 Å². The van der Waals surface area contributed by atoms with Crippen molar-refractivity contribution in [3.05, 3.63) is 0 Å². The molecule has 0 aromatic rings. The predicted molar refractivity (Wildman–Crippen MR) is 249 cm³/mol. The molecule has 0 aliphatic carbocycles.